The summed E-state index contributed by atoms with van der Waals surface area (Å²) >= 11 is 6.48. The molecule has 1 heterocycles. The lowest BCUT2D eigenvalue weighted by Gasteiger charge is -2.40. The van der Waals surface area contributed by atoms with Crippen LogP contribution >= 0.6 is 11.6 Å². The minimum Gasteiger partial charge on any atom is -0.368 e. The average Bonchev–Trinajstić information content (AvgIpc) is 2.46. The molecular weight excluding hydrogens is 282 g/mol. The van der Waals surface area contributed by atoms with Crippen molar-refractivity contribution in [3.8, 4) is 0 Å². The number of hydrogen-bond donors (Lipinski definition) is 1. The minimum absolute atomic E-state index is 0.156. The number of anilines is 1. The number of rotatable bonds is 5. The van der Waals surface area contributed by atoms with Crippen LogP contribution < -0.4 is 10.6 Å². The molecule has 2 rings (SSSR count). The third-order valence-corrected chi connectivity index (χ3v) is 4.76. The van der Waals surface area contributed by atoms with Crippen LogP contribution in [0.4, 0.5) is 5.69 Å². The molecule has 21 heavy (non-hydrogen) atoms. The van der Waals surface area contributed by atoms with Gasteiger partial charge in [-0.15, -0.1) is 0 Å². The van der Waals surface area contributed by atoms with E-state index in [-0.39, 0.29) is 6.04 Å². The van der Waals surface area contributed by atoms with E-state index in [0.717, 1.165) is 37.6 Å². The second kappa shape index (κ2) is 7.48. The molecule has 2 atom stereocenters. The van der Waals surface area contributed by atoms with Gasteiger partial charge in [-0.1, -0.05) is 30.7 Å². The molecule has 4 heteroatoms. The summed E-state index contributed by atoms with van der Waals surface area (Å²) in [6.45, 7) is 10.9. The number of para-hydroxylation sites is 1. The summed E-state index contributed by atoms with van der Waals surface area (Å²) in [6.07, 6.45) is 2.09. The van der Waals surface area contributed by atoms with Crippen LogP contribution in [0.3, 0.4) is 0 Å². The number of nitrogens with zero attached hydrogens (tertiary/aromatic N) is 2. The summed E-state index contributed by atoms with van der Waals surface area (Å²) in [5.41, 5.74) is 8.45. The van der Waals surface area contributed by atoms with Crippen LogP contribution in [0.5, 0.6) is 0 Å². The summed E-state index contributed by atoms with van der Waals surface area (Å²) in [4.78, 5) is 5.00. The molecule has 1 saturated heterocycles. The van der Waals surface area contributed by atoms with Gasteiger partial charge in [0.05, 0.1) is 10.7 Å². The van der Waals surface area contributed by atoms with E-state index < -0.39 is 0 Å². The molecule has 0 amide bonds. The second-order valence-corrected chi connectivity index (χ2v) is 6.62. The molecule has 2 N–H and O–H groups in total. The predicted octanol–water partition coefficient (Wildman–Crippen LogP) is 3.15. The van der Waals surface area contributed by atoms with E-state index in [1.54, 1.807) is 0 Å². The highest BCUT2D eigenvalue weighted by Gasteiger charge is 2.23. The largest absolute Gasteiger partial charge is 0.368 e. The van der Waals surface area contributed by atoms with Crippen molar-refractivity contribution in [2.24, 2.45) is 5.73 Å². The number of piperazine rings is 1. The number of nitrogens with two attached hydrogens (primary N) is 1. The lowest BCUT2D eigenvalue weighted by atomic mass is 10.0. The third-order valence-electron chi connectivity index (χ3n) is 4.46. The van der Waals surface area contributed by atoms with E-state index in [9.17, 15) is 0 Å². The molecule has 0 aliphatic carbocycles. The zero-order valence-electron chi connectivity index (χ0n) is 13.5. The highest BCUT2D eigenvalue weighted by Crippen LogP contribution is 2.31. The molecule has 0 aromatic heterocycles. The van der Waals surface area contributed by atoms with Crippen molar-refractivity contribution in [2.75, 3.05) is 31.1 Å². The molecule has 0 bridgehead atoms. The number of halogens is 1. The van der Waals surface area contributed by atoms with Crippen molar-refractivity contribution in [2.45, 2.75) is 45.7 Å². The van der Waals surface area contributed by atoms with Crippen LogP contribution in [0.15, 0.2) is 18.2 Å². The first kappa shape index (κ1) is 16.6. The Balaban J connectivity index is 2.12. The van der Waals surface area contributed by atoms with E-state index in [1.165, 1.54) is 17.7 Å². The monoisotopic (exact) mass is 309 g/mol. The standard InChI is InChI=1S/C17H28ClN3/c1-4-14(3)20-8-10-21(11-9-20)17-15(12-13(2)19)6-5-7-16(17)18/h5-7,13-14H,4,8-12,19H2,1-3H3. The van der Waals surface area contributed by atoms with Gasteiger partial charge in [0, 0.05) is 38.3 Å². The zero-order chi connectivity index (χ0) is 15.4. The summed E-state index contributed by atoms with van der Waals surface area (Å²) < 4.78 is 0. The van der Waals surface area contributed by atoms with Crippen molar-refractivity contribution in [3.05, 3.63) is 28.8 Å². The third kappa shape index (κ3) is 4.12. The van der Waals surface area contributed by atoms with Crippen LogP contribution in [-0.4, -0.2) is 43.2 Å². The Morgan fingerprint density at radius 3 is 2.43 bits per heavy atom. The van der Waals surface area contributed by atoms with Gasteiger partial charge in [0.25, 0.3) is 0 Å². The molecule has 0 spiro atoms. The van der Waals surface area contributed by atoms with Crippen LogP contribution in [-0.2, 0) is 6.42 Å². The van der Waals surface area contributed by atoms with Gasteiger partial charge >= 0.3 is 0 Å². The average molecular weight is 310 g/mol. The Hall–Kier alpha value is -0.770. The first-order valence-electron chi connectivity index (χ1n) is 8.04. The lowest BCUT2D eigenvalue weighted by molar-refractivity contribution is 0.192. The molecule has 1 aliphatic rings. The Morgan fingerprint density at radius 2 is 1.86 bits per heavy atom. The Labute approximate surface area is 134 Å². The smallest absolute Gasteiger partial charge is 0.0642 e. The zero-order valence-corrected chi connectivity index (χ0v) is 14.2. The fraction of sp³-hybridized carbons (Fsp3) is 0.647. The maximum Gasteiger partial charge on any atom is 0.0642 e. The topological polar surface area (TPSA) is 32.5 Å². The highest BCUT2D eigenvalue weighted by atomic mass is 35.5. The van der Waals surface area contributed by atoms with Crippen molar-refractivity contribution >= 4 is 17.3 Å². The van der Waals surface area contributed by atoms with Crippen LogP contribution in [0.25, 0.3) is 0 Å². The normalized spacial score (nSPS) is 19.6. The fourth-order valence-corrected chi connectivity index (χ4v) is 3.38. The number of hydrogen-bond acceptors (Lipinski definition) is 3. The van der Waals surface area contributed by atoms with Crippen molar-refractivity contribution in [3.63, 3.8) is 0 Å². The fourth-order valence-electron chi connectivity index (χ4n) is 3.07. The van der Waals surface area contributed by atoms with Gasteiger partial charge in [-0.3, -0.25) is 4.90 Å². The highest BCUT2D eigenvalue weighted by molar-refractivity contribution is 6.33. The van der Waals surface area contributed by atoms with Gasteiger partial charge in [-0.05, 0) is 38.3 Å². The van der Waals surface area contributed by atoms with E-state index in [2.05, 4.69) is 29.7 Å². The second-order valence-electron chi connectivity index (χ2n) is 6.21. The van der Waals surface area contributed by atoms with Gasteiger partial charge in [0.15, 0.2) is 0 Å². The van der Waals surface area contributed by atoms with Gasteiger partial charge in [0.2, 0.25) is 0 Å². The molecule has 0 saturated carbocycles. The minimum atomic E-state index is 0.156. The summed E-state index contributed by atoms with van der Waals surface area (Å²) in [6, 6.07) is 7.00. The number of benzene rings is 1. The SMILES string of the molecule is CCC(C)N1CCN(c2c(Cl)cccc2CC(C)N)CC1. The van der Waals surface area contributed by atoms with E-state index in [1.807, 2.05) is 19.1 Å². The first-order valence-corrected chi connectivity index (χ1v) is 8.42. The molecular formula is C17H28ClN3. The molecule has 0 radical (unpaired) electrons. The van der Waals surface area contributed by atoms with Gasteiger partial charge in [0.1, 0.15) is 0 Å². The molecule has 1 fully saturated rings. The molecule has 118 valence electrons. The Bertz CT molecular complexity index is 453. The lowest BCUT2D eigenvalue weighted by Crippen LogP contribution is -2.49. The van der Waals surface area contributed by atoms with Gasteiger partial charge < -0.3 is 10.6 Å². The summed E-state index contributed by atoms with van der Waals surface area (Å²) in [5, 5.41) is 0.852. The van der Waals surface area contributed by atoms with Crippen LogP contribution in [0.1, 0.15) is 32.8 Å². The molecule has 1 aromatic rings. The first-order chi connectivity index (χ1) is 10.0. The van der Waals surface area contributed by atoms with E-state index in [4.69, 9.17) is 17.3 Å². The van der Waals surface area contributed by atoms with E-state index >= 15 is 0 Å². The summed E-state index contributed by atoms with van der Waals surface area (Å²) in [7, 11) is 0. The van der Waals surface area contributed by atoms with Crippen LogP contribution in [0.2, 0.25) is 5.02 Å². The quantitative estimate of drug-likeness (QED) is 0.907. The molecule has 2 unspecified atom stereocenters. The van der Waals surface area contributed by atoms with Crippen LogP contribution in [0, 0.1) is 0 Å². The van der Waals surface area contributed by atoms with Crippen molar-refractivity contribution in [1.29, 1.82) is 0 Å². The molecule has 1 aromatic carbocycles. The van der Waals surface area contributed by atoms with Gasteiger partial charge in [-0.25, -0.2) is 0 Å². The van der Waals surface area contributed by atoms with Crippen molar-refractivity contribution in [1.82, 2.24) is 4.90 Å². The van der Waals surface area contributed by atoms with Gasteiger partial charge in [-0.2, -0.15) is 0 Å². The maximum absolute atomic E-state index is 6.48. The Kier molecular flexibility index (Phi) is 5.91. The summed E-state index contributed by atoms with van der Waals surface area (Å²) in [5.74, 6) is 0. The Morgan fingerprint density at radius 1 is 1.19 bits per heavy atom. The predicted molar refractivity (Wildman–Crippen MR) is 92.3 cm³/mol. The molecule has 3 nitrogen and oxygen atoms in total. The van der Waals surface area contributed by atoms with Crippen molar-refractivity contribution < 1.29 is 0 Å². The van der Waals surface area contributed by atoms with E-state index in [0.29, 0.717) is 6.04 Å². The maximum atomic E-state index is 6.48. The molecule has 1 aliphatic heterocycles.